The zero-order chi connectivity index (χ0) is 59.4. The molecule has 11 N–H and O–H groups in total. The molecule has 0 saturated carbocycles. The normalized spacial score (nSPS) is 26.4. The smallest absolute Gasteiger partial charge is 0.229 e. The number of aryl methyl sites for hydroxylation is 2. The molecular formula is C64H88ClF2N15O4. The monoisotopic (exact) mass is 1200 g/mol. The third-order valence-electron chi connectivity index (χ3n) is 17.8. The van der Waals surface area contributed by atoms with Crippen LogP contribution in [0.25, 0.3) is 16.7 Å². The Labute approximate surface area is 510 Å². The van der Waals surface area contributed by atoms with E-state index >= 15 is 8.78 Å². The highest BCUT2D eigenvalue weighted by atomic mass is 35.5. The van der Waals surface area contributed by atoms with Crippen molar-refractivity contribution in [1.29, 1.82) is 0 Å². The van der Waals surface area contributed by atoms with Crippen molar-refractivity contribution in [3.05, 3.63) is 92.7 Å². The molecule has 0 amide bonds. The van der Waals surface area contributed by atoms with Gasteiger partial charge in [0.05, 0.1) is 65.3 Å². The maximum Gasteiger partial charge on any atom is 0.229 e. The second-order valence-corrected chi connectivity index (χ2v) is 25.3. The molecule has 8 aliphatic rings. The minimum Gasteiger partial charge on any atom is -0.493 e. The summed E-state index contributed by atoms with van der Waals surface area (Å²) in [6.45, 7) is 13.6. The van der Waals surface area contributed by atoms with Crippen molar-refractivity contribution < 1.29 is 27.7 Å². The van der Waals surface area contributed by atoms with Crippen LogP contribution in [0.5, 0.6) is 23.0 Å². The van der Waals surface area contributed by atoms with Crippen molar-refractivity contribution in [2.24, 2.45) is 5.92 Å². The first kappa shape index (κ1) is 60.4. The van der Waals surface area contributed by atoms with Gasteiger partial charge in [-0.1, -0.05) is 29.8 Å². The number of hydrogen-bond donors (Lipinski definition) is 11. The third-order valence-corrected chi connectivity index (χ3v) is 18.2. The molecule has 0 bridgehead atoms. The van der Waals surface area contributed by atoms with E-state index in [4.69, 9.17) is 40.5 Å². The van der Waals surface area contributed by atoms with Crippen LogP contribution in [0.1, 0.15) is 105 Å². The average molecular weight is 1200 g/mol. The van der Waals surface area contributed by atoms with Crippen LogP contribution in [-0.4, -0.2) is 156 Å². The Hall–Kier alpha value is -5.85. The molecule has 464 valence electrons. The molecule has 0 spiro atoms. The standard InChI is InChI=1S/C64H88ClF2N15O4/c1-36-25-50(68-4)78-63(72-36)77-48-31-49-61(55(58(48)67)40-11-7-18-69-19-15-40)85-35-45(86-49)33-71-52-27-38(3)74-64(80-52)76-47-30-44-28-39(34-84-60(44)54(57(47)66)42-13-9-21-82(6)23-17-42)32-70-51-26-37(2)73-62(79-51)75-46-29-43-14-10-24-83-59(43)53(56(46)65)41-12-8-20-81(5)22-16-41/h15-17,27,29-31,36-37,39,45,50-51,62-63,68-70,72-73,75,77-79H,7-14,18-26,28,32-35H2,1-6H3,(H2,71,74,76,80). The highest BCUT2D eigenvalue weighted by Crippen LogP contribution is 2.48. The highest BCUT2D eigenvalue weighted by molar-refractivity contribution is 6.35. The average Bonchev–Trinajstić information content (AvgIpc) is 1.20. The topological polar surface area (TPSA) is 202 Å². The number of halogens is 3. The first-order valence-corrected chi connectivity index (χ1v) is 31.8. The Bertz CT molecular complexity index is 3200. The number of benzene rings is 3. The SMILES string of the molecule is CNC1CC(C)NC(Nc2cc3c(c(C4=CCNCCC4)c2F)OCC(CNc2cc(C)nc(Nc4cc5c(c(C6=CCN(C)CCC6)c4F)OCC(CNC4CC(C)NC(Nc6cc7c(c(C8=CCN(C)CCC8)c6Cl)OCCC7)N4)C5)n2)O3)N1. The van der Waals surface area contributed by atoms with Gasteiger partial charge < -0.3 is 66.0 Å². The Balaban J connectivity index is 0.739. The van der Waals surface area contributed by atoms with E-state index in [9.17, 15) is 0 Å². The van der Waals surface area contributed by atoms with Crippen LogP contribution in [0, 0.1) is 24.5 Å². The van der Waals surface area contributed by atoms with Crippen molar-refractivity contribution in [3.8, 4) is 23.0 Å². The summed E-state index contributed by atoms with van der Waals surface area (Å²) in [6, 6.07) is 8.00. The number of fused-ring (bicyclic) bond motifs is 3. The Kier molecular flexibility index (Phi) is 19.2. The first-order chi connectivity index (χ1) is 41.8. The van der Waals surface area contributed by atoms with Gasteiger partial charge in [-0.05, 0) is 172 Å². The molecule has 86 heavy (non-hydrogen) atoms. The number of hydrogen-bond acceptors (Lipinski definition) is 19. The van der Waals surface area contributed by atoms with Gasteiger partial charge in [-0.2, -0.15) is 4.98 Å². The molecule has 8 unspecified atom stereocenters. The van der Waals surface area contributed by atoms with Crippen LogP contribution in [-0.2, 0) is 12.8 Å². The fourth-order valence-corrected chi connectivity index (χ4v) is 13.7. The highest BCUT2D eigenvalue weighted by Gasteiger charge is 2.35. The molecule has 9 heterocycles. The van der Waals surface area contributed by atoms with E-state index in [0.717, 1.165) is 118 Å². The van der Waals surface area contributed by atoms with Crippen LogP contribution >= 0.6 is 11.6 Å². The number of nitrogens with one attached hydrogen (secondary N) is 11. The molecule has 0 aliphatic carbocycles. The second-order valence-electron chi connectivity index (χ2n) is 24.9. The Morgan fingerprint density at radius 1 is 0.686 bits per heavy atom. The van der Waals surface area contributed by atoms with Gasteiger partial charge in [-0.15, -0.1) is 0 Å². The maximum absolute atomic E-state index is 17.5. The lowest BCUT2D eigenvalue weighted by molar-refractivity contribution is 0.0989. The second kappa shape index (κ2) is 27.3. The van der Waals surface area contributed by atoms with Crippen molar-refractivity contribution in [1.82, 2.24) is 57.0 Å². The number of allylic oxidation sites excluding steroid dienone is 3. The quantitative estimate of drug-likeness (QED) is 0.0514. The lowest BCUT2D eigenvalue weighted by atomic mass is 9.90. The van der Waals surface area contributed by atoms with Gasteiger partial charge in [-0.3, -0.25) is 21.3 Å². The fraction of sp³-hybridized carbons (Fsp3) is 0.562. The molecule has 19 nitrogen and oxygen atoms in total. The largest absolute Gasteiger partial charge is 0.493 e. The minimum absolute atomic E-state index is 0.00946. The molecule has 2 fully saturated rings. The molecule has 1 aromatic heterocycles. The van der Waals surface area contributed by atoms with Crippen molar-refractivity contribution in [2.45, 2.75) is 134 Å². The van der Waals surface area contributed by atoms with Crippen LogP contribution in [0.4, 0.5) is 37.6 Å². The lowest BCUT2D eigenvalue weighted by Gasteiger charge is -2.39. The van der Waals surface area contributed by atoms with Crippen molar-refractivity contribution in [2.75, 3.05) is 115 Å². The van der Waals surface area contributed by atoms with E-state index in [1.807, 2.05) is 26.1 Å². The number of ether oxygens (including phenoxy) is 4. The molecule has 8 aliphatic heterocycles. The van der Waals surface area contributed by atoms with Gasteiger partial charge in [0.2, 0.25) is 5.95 Å². The van der Waals surface area contributed by atoms with Gasteiger partial charge in [0.25, 0.3) is 0 Å². The number of aromatic nitrogens is 2. The van der Waals surface area contributed by atoms with Crippen LogP contribution in [0.2, 0.25) is 5.02 Å². The van der Waals surface area contributed by atoms with Crippen LogP contribution < -0.4 is 77.4 Å². The summed E-state index contributed by atoms with van der Waals surface area (Å²) >= 11 is 7.38. The maximum atomic E-state index is 17.5. The number of rotatable bonds is 16. The van der Waals surface area contributed by atoms with Gasteiger partial charge in [0, 0.05) is 67.6 Å². The third kappa shape index (κ3) is 14.0. The number of anilines is 5. The molecule has 0 radical (unpaired) electrons. The molecule has 4 aromatic rings. The van der Waals surface area contributed by atoms with E-state index < -0.39 is 18.2 Å². The molecule has 22 heteroatoms. The first-order valence-electron chi connectivity index (χ1n) is 31.4. The van der Waals surface area contributed by atoms with E-state index in [1.54, 1.807) is 6.07 Å². The van der Waals surface area contributed by atoms with E-state index in [2.05, 4.69) is 121 Å². The summed E-state index contributed by atoms with van der Waals surface area (Å²) in [6.07, 6.45) is 15.0. The van der Waals surface area contributed by atoms with Gasteiger partial charge >= 0.3 is 0 Å². The summed E-state index contributed by atoms with van der Waals surface area (Å²) in [4.78, 5) is 14.2. The predicted molar refractivity (Wildman–Crippen MR) is 339 cm³/mol. The predicted octanol–water partition coefficient (Wildman–Crippen LogP) is 8.07. The summed E-state index contributed by atoms with van der Waals surface area (Å²) < 4.78 is 60.4. The summed E-state index contributed by atoms with van der Waals surface area (Å²) in [5.74, 6) is 2.53. The fourth-order valence-electron chi connectivity index (χ4n) is 13.4. The minimum atomic E-state index is -0.452. The zero-order valence-electron chi connectivity index (χ0n) is 50.8. The van der Waals surface area contributed by atoms with Gasteiger partial charge in [0.15, 0.2) is 23.1 Å². The van der Waals surface area contributed by atoms with Gasteiger partial charge in [0.1, 0.15) is 42.6 Å². The molecule has 2 saturated heterocycles. The molecule has 8 atom stereocenters. The Morgan fingerprint density at radius 2 is 1.35 bits per heavy atom. The van der Waals surface area contributed by atoms with Crippen LogP contribution in [0.3, 0.4) is 0 Å². The summed E-state index contributed by atoms with van der Waals surface area (Å²) in [7, 11) is 6.17. The van der Waals surface area contributed by atoms with Crippen molar-refractivity contribution in [3.63, 3.8) is 0 Å². The van der Waals surface area contributed by atoms with Gasteiger partial charge in [-0.25, -0.2) is 13.8 Å². The van der Waals surface area contributed by atoms with E-state index in [1.165, 1.54) is 11.1 Å². The summed E-state index contributed by atoms with van der Waals surface area (Å²) in [5, 5.41) is 39.6. The Morgan fingerprint density at radius 3 is 2.13 bits per heavy atom. The van der Waals surface area contributed by atoms with E-state index in [0.29, 0.717) is 103 Å². The molecular weight excluding hydrogens is 1120 g/mol. The number of nitrogens with zero attached hydrogens (tertiary/aromatic N) is 4. The lowest BCUT2D eigenvalue weighted by Crippen LogP contribution is -2.64. The van der Waals surface area contributed by atoms with Crippen molar-refractivity contribution >= 4 is 57.1 Å². The van der Waals surface area contributed by atoms with E-state index in [-0.39, 0.29) is 60.7 Å². The summed E-state index contributed by atoms with van der Waals surface area (Å²) in [5.41, 5.74) is 9.34. The molecule has 12 rings (SSSR count). The van der Waals surface area contributed by atoms with Crippen LogP contribution in [0.15, 0.2) is 42.5 Å². The zero-order valence-corrected chi connectivity index (χ0v) is 51.5. The molecule has 3 aromatic carbocycles. The number of likely N-dealkylation sites (N-methyl/N-ethyl adjacent to an activating group) is 2.